The summed E-state index contributed by atoms with van der Waals surface area (Å²) in [6.45, 7) is 2.59. The van der Waals surface area contributed by atoms with E-state index in [9.17, 15) is 0 Å². The van der Waals surface area contributed by atoms with Gasteiger partial charge in [-0.15, -0.1) is 0 Å². The van der Waals surface area contributed by atoms with E-state index in [0.717, 1.165) is 28.6 Å². The van der Waals surface area contributed by atoms with Crippen LogP contribution in [0.15, 0.2) is 0 Å². The largest absolute Gasteiger partial charge is 0.0622 e. The maximum atomic E-state index is 2.59. The van der Waals surface area contributed by atoms with E-state index < -0.39 is 0 Å². The van der Waals surface area contributed by atoms with Crippen molar-refractivity contribution in [3.05, 3.63) is 0 Å². The molecule has 0 aromatic carbocycles. The van der Waals surface area contributed by atoms with Gasteiger partial charge in [0.1, 0.15) is 0 Å². The van der Waals surface area contributed by atoms with Gasteiger partial charge in [-0.3, -0.25) is 0 Å². The summed E-state index contributed by atoms with van der Waals surface area (Å²) < 4.78 is 0. The zero-order valence-electron chi connectivity index (χ0n) is 11.3. The van der Waals surface area contributed by atoms with Crippen molar-refractivity contribution >= 4 is 0 Å². The lowest BCUT2D eigenvalue weighted by Crippen LogP contribution is -2.54. The standard InChI is InChI=1S/C17H26/c1-11-8-14-10-15(11)17-7-3-2-6-16(14,17)12-4-5-13(17)9-12/h11-15H,2-10H2,1H3. The molecule has 0 heterocycles. The Bertz CT molecular complexity index is 372. The Kier molecular flexibility index (Phi) is 1.61. The molecule has 0 saturated heterocycles. The second-order valence-corrected chi connectivity index (χ2v) is 8.25. The fourth-order valence-electron chi connectivity index (χ4n) is 8.52. The molecule has 5 fully saturated rings. The summed E-state index contributed by atoms with van der Waals surface area (Å²) in [6, 6.07) is 0. The highest BCUT2D eigenvalue weighted by atomic mass is 14.8. The summed E-state index contributed by atoms with van der Waals surface area (Å²) in [7, 11) is 0. The van der Waals surface area contributed by atoms with Crippen molar-refractivity contribution in [2.24, 2.45) is 40.4 Å². The quantitative estimate of drug-likeness (QED) is 0.569. The summed E-state index contributed by atoms with van der Waals surface area (Å²) >= 11 is 0. The molecule has 5 saturated carbocycles. The van der Waals surface area contributed by atoms with Crippen LogP contribution in [0.2, 0.25) is 0 Å². The zero-order chi connectivity index (χ0) is 11.3. The summed E-state index contributed by atoms with van der Waals surface area (Å²) in [4.78, 5) is 0. The Balaban J connectivity index is 1.74. The number of rotatable bonds is 0. The van der Waals surface area contributed by atoms with E-state index in [1.165, 1.54) is 11.8 Å². The molecule has 94 valence electrons. The first kappa shape index (κ1) is 9.87. The van der Waals surface area contributed by atoms with E-state index >= 15 is 0 Å². The highest BCUT2D eigenvalue weighted by molar-refractivity contribution is 5.26. The SMILES string of the molecule is CC1CC2CC1C13CCCCC21C1CCC3C1. The van der Waals surface area contributed by atoms with Gasteiger partial charge in [-0.25, -0.2) is 0 Å². The smallest absolute Gasteiger partial charge is 0.0176 e. The summed E-state index contributed by atoms with van der Waals surface area (Å²) in [6.07, 6.45) is 14.6. The average Bonchev–Trinajstić information content (AvgIpc) is 3.04. The first-order valence-electron chi connectivity index (χ1n) is 8.29. The van der Waals surface area contributed by atoms with E-state index in [1.807, 2.05) is 0 Å². The number of hydrogen-bond donors (Lipinski definition) is 0. The number of hydrogen-bond acceptors (Lipinski definition) is 0. The number of fused-ring (bicyclic) bond motifs is 4. The second-order valence-electron chi connectivity index (χ2n) is 8.25. The third-order valence-electron chi connectivity index (χ3n) is 8.46. The van der Waals surface area contributed by atoms with E-state index in [4.69, 9.17) is 0 Å². The Hall–Kier alpha value is 0. The van der Waals surface area contributed by atoms with Crippen LogP contribution in [0.5, 0.6) is 0 Å². The Morgan fingerprint density at radius 3 is 2.29 bits per heavy atom. The predicted octanol–water partition coefficient (Wildman–Crippen LogP) is 4.64. The normalized spacial score (nSPS) is 67.2. The third kappa shape index (κ3) is 0.790. The van der Waals surface area contributed by atoms with Gasteiger partial charge in [-0.2, -0.15) is 0 Å². The van der Waals surface area contributed by atoms with Crippen molar-refractivity contribution < 1.29 is 0 Å². The fourth-order valence-corrected chi connectivity index (χ4v) is 8.52. The van der Waals surface area contributed by atoms with Gasteiger partial charge in [0.15, 0.2) is 0 Å². The lowest BCUT2D eigenvalue weighted by Gasteiger charge is -2.60. The summed E-state index contributed by atoms with van der Waals surface area (Å²) in [5.74, 6) is 5.74. The third-order valence-corrected chi connectivity index (χ3v) is 8.46. The molecule has 0 nitrogen and oxygen atoms in total. The molecule has 5 rings (SSSR count). The van der Waals surface area contributed by atoms with Crippen LogP contribution in [0.25, 0.3) is 0 Å². The van der Waals surface area contributed by atoms with Crippen molar-refractivity contribution in [1.29, 1.82) is 0 Å². The monoisotopic (exact) mass is 230 g/mol. The molecule has 0 spiro atoms. The molecule has 0 N–H and O–H groups in total. The molecule has 0 amide bonds. The maximum Gasteiger partial charge on any atom is -0.0176 e. The molecule has 0 radical (unpaired) electrons. The van der Waals surface area contributed by atoms with Crippen molar-refractivity contribution in [2.45, 2.75) is 64.7 Å². The van der Waals surface area contributed by atoms with Gasteiger partial charge >= 0.3 is 0 Å². The van der Waals surface area contributed by atoms with E-state index in [2.05, 4.69) is 6.92 Å². The first-order valence-corrected chi connectivity index (χ1v) is 8.29. The topological polar surface area (TPSA) is 0 Å². The van der Waals surface area contributed by atoms with Crippen LogP contribution in [0, 0.1) is 40.4 Å². The Labute approximate surface area is 106 Å². The average molecular weight is 230 g/mol. The lowest BCUT2D eigenvalue weighted by atomic mass is 9.44. The molecule has 7 unspecified atom stereocenters. The Morgan fingerprint density at radius 1 is 0.765 bits per heavy atom. The van der Waals surface area contributed by atoms with Gasteiger partial charge < -0.3 is 0 Å². The minimum absolute atomic E-state index is 0.885. The summed E-state index contributed by atoms with van der Waals surface area (Å²) in [5.41, 5.74) is 1.78. The molecule has 7 atom stereocenters. The fraction of sp³-hybridized carbons (Fsp3) is 1.00. The molecule has 0 aromatic heterocycles. The van der Waals surface area contributed by atoms with Crippen LogP contribution in [-0.2, 0) is 0 Å². The van der Waals surface area contributed by atoms with Crippen LogP contribution in [0.1, 0.15) is 64.7 Å². The van der Waals surface area contributed by atoms with Crippen molar-refractivity contribution in [1.82, 2.24) is 0 Å². The van der Waals surface area contributed by atoms with Gasteiger partial charge in [-0.1, -0.05) is 19.8 Å². The van der Waals surface area contributed by atoms with E-state index in [0.29, 0.717) is 0 Å². The van der Waals surface area contributed by atoms with Crippen LogP contribution < -0.4 is 0 Å². The van der Waals surface area contributed by atoms with Crippen LogP contribution in [-0.4, -0.2) is 0 Å². The van der Waals surface area contributed by atoms with Crippen molar-refractivity contribution in [2.75, 3.05) is 0 Å². The van der Waals surface area contributed by atoms with Crippen LogP contribution in [0.4, 0.5) is 0 Å². The van der Waals surface area contributed by atoms with Gasteiger partial charge in [0.25, 0.3) is 0 Å². The van der Waals surface area contributed by atoms with Crippen molar-refractivity contribution in [3.63, 3.8) is 0 Å². The van der Waals surface area contributed by atoms with E-state index in [1.54, 1.807) is 57.8 Å². The maximum absolute atomic E-state index is 2.59. The highest BCUT2D eigenvalue weighted by Crippen LogP contribution is 2.84. The molecule has 4 bridgehead atoms. The molecule has 0 heteroatoms. The van der Waals surface area contributed by atoms with Gasteiger partial charge in [0, 0.05) is 0 Å². The van der Waals surface area contributed by atoms with Crippen LogP contribution in [0.3, 0.4) is 0 Å². The summed E-state index contributed by atoms with van der Waals surface area (Å²) in [5, 5.41) is 0. The van der Waals surface area contributed by atoms with Gasteiger partial charge in [0.2, 0.25) is 0 Å². The van der Waals surface area contributed by atoms with Gasteiger partial charge in [0.05, 0.1) is 0 Å². The minimum Gasteiger partial charge on any atom is -0.0622 e. The molecule has 0 aliphatic heterocycles. The lowest BCUT2D eigenvalue weighted by molar-refractivity contribution is -0.122. The van der Waals surface area contributed by atoms with Gasteiger partial charge in [-0.05, 0) is 85.4 Å². The molecule has 5 aliphatic rings. The first-order chi connectivity index (χ1) is 8.29. The molecule has 0 aromatic rings. The second kappa shape index (κ2) is 2.78. The van der Waals surface area contributed by atoms with Crippen molar-refractivity contribution in [3.8, 4) is 0 Å². The zero-order valence-corrected chi connectivity index (χ0v) is 11.3. The molecule has 5 aliphatic carbocycles. The minimum atomic E-state index is 0.885. The highest BCUT2D eigenvalue weighted by Gasteiger charge is 2.77. The molecular formula is C17H26. The predicted molar refractivity (Wildman–Crippen MR) is 69.5 cm³/mol. The molecule has 17 heavy (non-hydrogen) atoms. The van der Waals surface area contributed by atoms with Crippen LogP contribution >= 0.6 is 0 Å². The van der Waals surface area contributed by atoms with E-state index in [-0.39, 0.29) is 0 Å². The molecular weight excluding hydrogens is 204 g/mol. The Morgan fingerprint density at radius 2 is 1.47 bits per heavy atom.